The Morgan fingerprint density at radius 1 is 1.06 bits per heavy atom. The van der Waals surface area contributed by atoms with Crippen molar-refractivity contribution in [3.05, 3.63) is 101 Å². The number of aromatic nitrogens is 1. The van der Waals surface area contributed by atoms with Gasteiger partial charge in [0.1, 0.15) is 11.8 Å². The van der Waals surface area contributed by atoms with Crippen LogP contribution in [0.1, 0.15) is 43.5 Å². The molecule has 3 rings (SSSR count). The molecule has 0 spiro atoms. The van der Waals surface area contributed by atoms with E-state index in [4.69, 9.17) is 16.3 Å². The predicted molar refractivity (Wildman–Crippen MR) is 151 cm³/mol. The summed E-state index contributed by atoms with van der Waals surface area (Å²) in [5.74, 6) is 0.692. The largest absolute Gasteiger partial charge is 0.431 e. The van der Waals surface area contributed by atoms with Crippen molar-refractivity contribution in [2.75, 3.05) is 7.05 Å². The van der Waals surface area contributed by atoms with Crippen molar-refractivity contribution in [2.45, 2.75) is 40.5 Å². The second kappa shape index (κ2) is 13.9. The van der Waals surface area contributed by atoms with Gasteiger partial charge >= 0.3 is 0 Å². The highest BCUT2D eigenvalue weighted by Gasteiger charge is 2.14. The first-order valence-electron chi connectivity index (χ1n) is 11.7. The Morgan fingerprint density at radius 3 is 2.28 bits per heavy atom. The summed E-state index contributed by atoms with van der Waals surface area (Å²) in [4.78, 5) is 8.52. The second-order valence-electron chi connectivity index (χ2n) is 8.08. The summed E-state index contributed by atoms with van der Waals surface area (Å²) >= 11 is 6.33. The Bertz CT molecular complexity index is 1270. The third kappa shape index (κ3) is 7.83. The number of aryl methyl sites for hydroxylation is 2. The van der Waals surface area contributed by atoms with Gasteiger partial charge in [0.2, 0.25) is 0 Å². The molecule has 0 amide bonds. The molecule has 186 valence electrons. The van der Waals surface area contributed by atoms with Gasteiger partial charge in [-0.15, -0.1) is 0 Å². The molecule has 0 aliphatic heterocycles. The molecule has 0 aliphatic carbocycles. The van der Waals surface area contributed by atoms with Crippen molar-refractivity contribution in [3.63, 3.8) is 0 Å². The SMILES string of the molecule is C=C(CC)NC(=NC)OC(=C)CC.Cc1ccc(-c2cc(-c3ccccc3Cl)c(C#N)c(C)n2)cc1. The maximum atomic E-state index is 9.52. The zero-order chi connectivity index (χ0) is 26.7. The number of amidine groups is 1. The minimum absolute atomic E-state index is 0.457. The van der Waals surface area contributed by atoms with Crippen LogP contribution in [0.2, 0.25) is 5.02 Å². The number of halogens is 1. The summed E-state index contributed by atoms with van der Waals surface area (Å²) in [6.07, 6.45) is 1.63. The van der Waals surface area contributed by atoms with Gasteiger partial charge in [-0.3, -0.25) is 4.98 Å². The fraction of sp³-hybridized carbons (Fsp3) is 0.233. The van der Waals surface area contributed by atoms with Crippen LogP contribution in [-0.4, -0.2) is 18.1 Å². The summed E-state index contributed by atoms with van der Waals surface area (Å²) in [5, 5.41) is 13.1. The number of hydrogen-bond donors (Lipinski definition) is 1. The van der Waals surface area contributed by atoms with Crippen LogP contribution in [0.4, 0.5) is 0 Å². The van der Waals surface area contributed by atoms with E-state index < -0.39 is 0 Å². The molecule has 2 aromatic carbocycles. The number of allylic oxidation sites excluding steroid dienone is 2. The minimum atomic E-state index is 0.457. The maximum absolute atomic E-state index is 9.52. The van der Waals surface area contributed by atoms with Crippen LogP contribution in [0.3, 0.4) is 0 Å². The van der Waals surface area contributed by atoms with Crippen LogP contribution < -0.4 is 5.32 Å². The van der Waals surface area contributed by atoms with Gasteiger partial charge in [-0.05, 0) is 32.4 Å². The highest BCUT2D eigenvalue weighted by Crippen LogP contribution is 2.34. The number of rotatable bonds is 6. The average Bonchev–Trinajstić information content (AvgIpc) is 2.88. The summed E-state index contributed by atoms with van der Waals surface area (Å²) in [6.45, 7) is 15.4. The normalized spacial score (nSPS) is 10.5. The lowest BCUT2D eigenvalue weighted by Gasteiger charge is -2.12. The molecule has 36 heavy (non-hydrogen) atoms. The number of pyridine rings is 1. The van der Waals surface area contributed by atoms with E-state index in [0.717, 1.165) is 40.9 Å². The smallest absolute Gasteiger partial charge is 0.293 e. The van der Waals surface area contributed by atoms with E-state index in [1.165, 1.54) is 5.56 Å². The van der Waals surface area contributed by atoms with E-state index in [9.17, 15) is 5.26 Å². The number of aliphatic imine (C=N–C) groups is 1. The molecule has 0 aliphatic rings. The number of benzene rings is 2. The van der Waals surface area contributed by atoms with Gasteiger partial charge in [0.05, 0.1) is 17.0 Å². The first-order chi connectivity index (χ1) is 17.2. The lowest BCUT2D eigenvalue weighted by atomic mass is 9.97. The Kier molecular flexibility index (Phi) is 10.9. The van der Waals surface area contributed by atoms with Gasteiger partial charge in [0, 0.05) is 40.9 Å². The molecule has 1 N–H and O–H groups in total. The highest BCUT2D eigenvalue weighted by molar-refractivity contribution is 6.33. The van der Waals surface area contributed by atoms with Gasteiger partial charge in [-0.1, -0.05) is 86.6 Å². The number of nitriles is 1. The molecular formula is C30H33ClN4O. The molecule has 0 bridgehead atoms. The Labute approximate surface area is 219 Å². The van der Waals surface area contributed by atoms with E-state index in [1.54, 1.807) is 7.05 Å². The molecule has 0 atom stereocenters. The quantitative estimate of drug-likeness (QED) is 0.211. The molecule has 0 radical (unpaired) electrons. The Hall–Kier alpha value is -3.88. The molecule has 6 heteroatoms. The van der Waals surface area contributed by atoms with Crippen LogP contribution >= 0.6 is 11.6 Å². The van der Waals surface area contributed by atoms with E-state index in [0.29, 0.717) is 28.1 Å². The molecule has 0 saturated carbocycles. The predicted octanol–water partition coefficient (Wildman–Crippen LogP) is 7.98. The first-order valence-corrected chi connectivity index (χ1v) is 12.1. The Morgan fingerprint density at radius 2 is 1.72 bits per heavy atom. The van der Waals surface area contributed by atoms with E-state index in [-0.39, 0.29) is 0 Å². The fourth-order valence-corrected chi connectivity index (χ4v) is 3.39. The summed E-state index contributed by atoms with van der Waals surface area (Å²) in [5.41, 5.74) is 6.89. The molecule has 0 fully saturated rings. The minimum Gasteiger partial charge on any atom is -0.431 e. The molecule has 0 unspecified atom stereocenters. The van der Waals surface area contributed by atoms with Crippen molar-refractivity contribution in [1.82, 2.24) is 10.3 Å². The zero-order valence-electron chi connectivity index (χ0n) is 21.7. The molecule has 1 aromatic heterocycles. The van der Waals surface area contributed by atoms with Crippen LogP contribution in [0.25, 0.3) is 22.4 Å². The van der Waals surface area contributed by atoms with E-state index in [1.807, 2.05) is 63.2 Å². The van der Waals surface area contributed by atoms with Crippen molar-refractivity contribution in [3.8, 4) is 28.5 Å². The molecule has 5 nitrogen and oxygen atoms in total. The van der Waals surface area contributed by atoms with Gasteiger partial charge in [-0.25, -0.2) is 4.99 Å². The third-order valence-corrected chi connectivity index (χ3v) is 5.70. The molecule has 0 saturated heterocycles. The number of ether oxygens (including phenoxy) is 1. The maximum Gasteiger partial charge on any atom is 0.293 e. The second-order valence-corrected chi connectivity index (χ2v) is 8.49. The monoisotopic (exact) mass is 500 g/mol. The topological polar surface area (TPSA) is 70.3 Å². The summed E-state index contributed by atoms with van der Waals surface area (Å²) in [7, 11) is 1.66. The standard InChI is InChI=1S/C20H15ClN2.C10H18N2O/c1-13-7-9-15(10-8-13)20-11-17(18(12-22)14(2)23-20)16-5-3-4-6-19(16)21;1-6-8(3)12-10(11-5)13-9(4)7-2/h3-11H,1-2H3;3-4,6-7H2,1-2,5H3,(H,11,12). The number of nitrogens with zero attached hydrogens (tertiary/aromatic N) is 3. The van der Waals surface area contributed by atoms with Crippen LogP contribution in [-0.2, 0) is 4.74 Å². The lowest BCUT2D eigenvalue weighted by molar-refractivity contribution is 0.384. The molecule has 1 heterocycles. The third-order valence-electron chi connectivity index (χ3n) is 5.37. The van der Waals surface area contributed by atoms with Gasteiger partial charge < -0.3 is 10.1 Å². The highest BCUT2D eigenvalue weighted by atomic mass is 35.5. The van der Waals surface area contributed by atoms with Crippen molar-refractivity contribution >= 4 is 17.6 Å². The fourth-order valence-electron chi connectivity index (χ4n) is 3.15. The number of hydrogen-bond acceptors (Lipinski definition) is 4. The first kappa shape index (κ1) is 28.4. The molecule has 3 aromatic rings. The summed E-state index contributed by atoms with van der Waals surface area (Å²) < 4.78 is 5.30. The van der Waals surface area contributed by atoms with E-state index >= 15 is 0 Å². The van der Waals surface area contributed by atoms with Gasteiger partial charge in [-0.2, -0.15) is 5.26 Å². The van der Waals surface area contributed by atoms with Crippen molar-refractivity contribution in [1.29, 1.82) is 5.26 Å². The van der Waals surface area contributed by atoms with Crippen LogP contribution in [0, 0.1) is 25.2 Å². The number of nitrogens with one attached hydrogen (secondary N) is 1. The zero-order valence-corrected chi connectivity index (χ0v) is 22.4. The van der Waals surface area contributed by atoms with Crippen LogP contribution in [0.15, 0.2) is 84.2 Å². The van der Waals surface area contributed by atoms with Crippen molar-refractivity contribution < 1.29 is 4.74 Å². The van der Waals surface area contributed by atoms with Gasteiger partial charge in [0.15, 0.2) is 0 Å². The average molecular weight is 501 g/mol. The lowest BCUT2D eigenvalue weighted by Crippen LogP contribution is -2.24. The Balaban J connectivity index is 0.000000302. The van der Waals surface area contributed by atoms with E-state index in [2.05, 4.69) is 53.6 Å². The van der Waals surface area contributed by atoms with Crippen LogP contribution in [0.5, 0.6) is 0 Å². The van der Waals surface area contributed by atoms with Crippen molar-refractivity contribution in [2.24, 2.45) is 4.99 Å². The molecular weight excluding hydrogens is 468 g/mol. The summed E-state index contributed by atoms with van der Waals surface area (Å²) in [6, 6.07) is 20.4. The van der Waals surface area contributed by atoms with Gasteiger partial charge in [0.25, 0.3) is 6.02 Å².